The van der Waals surface area contributed by atoms with Gasteiger partial charge in [0.25, 0.3) is 5.91 Å². The number of aliphatic carboxylic acids is 1. The molecule has 1 heterocycles. The van der Waals surface area contributed by atoms with Crippen molar-refractivity contribution in [3.63, 3.8) is 0 Å². The van der Waals surface area contributed by atoms with Crippen LogP contribution in [0.1, 0.15) is 74.6 Å². The second-order valence-corrected chi connectivity index (χ2v) is 11.1. The molecule has 4 rings (SSSR count). The van der Waals surface area contributed by atoms with Crippen molar-refractivity contribution in [1.82, 2.24) is 5.32 Å². The van der Waals surface area contributed by atoms with Gasteiger partial charge in [-0.25, -0.2) is 4.39 Å². The van der Waals surface area contributed by atoms with Crippen LogP contribution in [-0.2, 0) is 4.79 Å². The highest BCUT2D eigenvalue weighted by atomic mass is 19.1. The van der Waals surface area contributed by atoms with Crippen LogP contribution in [0.2, 0.25) is 0 Å². The predicted octanol–water partition coefficient (Wildman–Crippen LogP) is 7.96. The number of nitrogens with one attached hydrogen (secondary N) is 1. The summed E-state index contributed by atoms with van der Waals surface area (Å²) < 4.78 is 20.0. The van der Waals surface area contributed by atoms with Crippen LogP contribution in [0.4, 0.5) is 10.1 Å². The Kier molecular flexibility index (Phi) is 10.0. The summed E-state index contributed by atoms with van der Waals surface area (Å²) in [7, 11) is 0. The Hall–Kier alpha value is -4.46. The number of rotatable bonds is 13. The van der Waals surface area contributed by atoms with E-state index in [9.17, 15) is 23.9 Å². The third kappa shape index (κ3) is 7.13. The maximum atomic E-state index is 13.7. The number of hydrogen-bond acceptors (Lipinski definition) is 5. The molecule has 0 radical (unpaired) electrons. The molecule has 0 aliphatic rings. The van der Waals surface area contributed by atoms with Crippen LogP contribution in [0, 0.1) is 11.7 Å². The molecule has 0 spiro atoms. The number of Topliss-reactive ketones (excluding diaryl/α,β-unsaturated/α-hetero) is 1. The van der Waals surface area contributed by atoms with E-state index in [0.717, 1.165) is 16.8 Å². The number of carboxylic acids is 1. The van der Waals surface area contributed by atoms with Gasteiger partial charge < -0.3 is 19.7 Å². The summed E-state index contributed by atoms with van der Waals surface area (Å²) in [4.78, 5) is 40.2. The Morgan fingerprint density at radius 2 is 1.65 bits per heavy atom. The normalized spacial score (nSPS) is 12.0. The molecular formula is C35H39FN2O5. The first-order valence-corrected chi connectivity index (χ1v) is 14.8. The van der Waals surface area contributed by atoms with E-state index in [4.69, 9.17) is 4.42 Å². The van der Waals surface area contributed by atoms with Crippen LogP contribution in [0.15, 0.2) is 65.1 Å². The van der Waals surface area contributed by atoms with Crippen molar-refractivity contribution in [1.29, 1.82) is 0 Å². The highest BCUT2D eigenvalue weighted by Crippen LogP contribution is 2.41. The average Bonchev–Trinajstić information content (AvgIpc) is 3.35. The summed E-state index contributed by atoms with van der Waals surface area (Å²) >= 11 is 0. The van der Waals surface area contributed by atoms with Crippen molar-refractivity contribution in [2.45, 2.75) is 59.9 Å². The zero-order valence-electron chi connectivity index (χ0n) is 25.4. The number of halogens is 1. The molecule has 0 saturated carbocycles. The minimum atomic E-state index is -0.964. The second-order valence-electron chi connectivity index (χ2n) is 11.1. The van der Waals surface area contributed by atoms with Gasteiger partial charge in [0, 0.05) is 59.4 Å². The zero-order chi connectivity index (χ0) is 31.3. The van der Waals surface area contributed by atoms with E-state index in [1.807, 2.05) is 32.0 Å². The van der Waals surface area contributed by atoms with E-state index in [2.05, 4.69) is 24.1 Å². The molecule has 0 bridgehead atoms. The fraction of sp³-hybridized carbons (Fsp3) is 0.343. The minimum absolute atomic E-state index is 0.0950. The summed E-state index contributed by atoms with van der Waals surface area (Å²) in [6.07, 6.45) is 0.655. The number of carboxylic acid groups (broad SMARTS) is 1. The molecule has 1 atom stereocenters. The molecule has 1 aromatic heterocycles. The van der Waals surface area contributed by atoms with Crippen molar-refractivity contribution >= 4 is 34.3 Å². The van der Waals surface area contributed by atoms with Crippen LogP contribution in [-0.4, -0.2) is 41.9 Å². The molecule has 2 N–H and O–H groups in total. The van der Waals surface area contributed by atoms with Crippen molar-refractivity contribution in [3.05, 3.63) is 77.6 Å². The van der Waals surface area contributed by atoms with Gasteiger partial charge in [-0.3, -0.25) is 14.4 Å². The first kappa shape index (κ1) is 31.5. The highest BCUT2D eigenvalue weighted by Gasteiger charge is 2.25. The van der Waals surface area contributed by atoms with Crippen molar-refractivity contribution < 1.29 is 28.3 Å². The molecule has 0 fully saturated rings. The van der Waals surface area contributed by atoms with Gasteiger partial charge >= 0.3 is 5.97 Å². The summed E-state index contributed by atoms with van der Waals surface area (Å²) in [5, 5.41) is 12.9. The lowest BCUT2D eigenvalue weighted by molar-refractivity contribution is -0.137. The predicted molar refractivity (Wildman–Crippen MR) is 168 cm³/mol. The Bertz CT molecular complexity index is 1620. The van der Waals surface area contributed by atoms with Gasteiger partial charge in [-0.15, -0.1) is 0 Å². The standard InChI is InChI=1S/C35H39FN2O5/c1-6-30(39)33-28-19-27(23-10-9-11-24(17-23)35(42)37-26(16-21(4)5)18-32(40)41)29(38(7-2)8-3)20-31(28)43-34(33)22-12-14-25(36)15-13-22/h9-15,17,19-21,26H,6-8,16,18H2,1-5H3,(H,37,42)(H,40,41)/t26-/m0/s1. The quantitative estimate of drug-likeness (QED) is 0.154. The molecule has 4 aromatic rings. The largest absolute Gasteiger partial charge is 0.481 e. The molecular weight excluding hydrogens is 547 g/mol. The number of furan rings is 1. The van der Waals surface area contributed by atoms with Crippen LogP contribution in [0.5, 0.6) is 0 Å². The lowest BCUT2D eigenvalue weighted by atomic mass is 9.95. The molecule has 7 nitrogen and oxygen atoms in total. The smallest absolute Gasteiger partial charge is 0.305 e. The SMILES string of the molecule is CCC(=O)c1c(-c2ccc(F)cc2)oc2cc(N(CC)CC)c(-c3cccc(C(=O)N[C@H](CC(=O)O)CC(C)C)c3)cc12. The second kappa shape index (κ2) is 13.7. The molecule has 3 aromatic carbocycles. The lowest BCUT2D eigenvalue weighted by Crippen LogP contribution is -2.37. The van der Waals surface area contributed by atoms with Crippen molar-refractivity contribution in [3.8, 4) is 22.5 Å². The van der Waals surface area contributed by atoms with E-state index in [-0.39, 0.29) is 36.3 Å². The van der Waals surface area contributed by atoms with Gasteiger partial charge in [-0.2, -0.15) is 0 Å². The Balaban J connectivity index is 1.87. The van der Waals surface area contributed by atoms with Crippen molar-refractivity contribution in [2.75, 3.05) is 18.0 Å². The summed E-state index contributed by atoms with van der Waals surface area (Å²) in [6, 6.07) is 16.5. The molecule has 226 valence electrons. The maximum absolute atomic E-state index is 13.7. The number of nitrogens with zero attached hydrogens (tertiary/aromatic N) is 1. The number of fused-ring (bicyclic) bond motifs is 1. The van der Waals surface area contributed by atoms with Crippen LogP contribution in [0.25, 0.3) is 33.4 Å². The van der Waals surface area contributed by atoms with E-state index in [0.29, 0.717) is 52.9 Å². The van der Waals surface area contributed by atoms with Crippen molar-refractivity contribution in [2.24, 2.45) is 5.92 Å². The third-order valence-corrected chi connectivity index (χ3v) is 7.56. The highest BCUT2D eigenvalue weighted by molar-refractivity contribution is 6.13. The monoisotopic (exact) mass is 586 g/mol. The zero-order valence-corrected chi connectivity index (χ0v) is 25.4. The number of hydrogen-bond donors (Lipinski definition) is 2. The molecule has 0 unspecified atom stereocenters. The van der Waals surface area contributed by atoms with Gasteiger partial charge in [0.05, 0.1) is 12.0 Å². The Morgan fingerprint density at radius 3 is 2.26 bits per heavy atom. The van der Waals surface area contributed by atoms with Gasteiger partial charge in [-0.05, 0) is 74.2 Å². The molecule has 0 aliphatic carbocycles. The molecule has 8 heteroatoms. The third-order valence-electron chi connectivity index (χ3n) is 7.56. The fourth-order valence-electron chi connectivity index (χ4n) is 5.52. The fourth-order valence-corrected chi connectivity index (χ4v) is 5.52. The van der Waals surface area contributed by atoms with Gasteiger partial charge in [0.1, 0.15) is 17.2 Å². The van der Waals surface area contributed by atoms with Crippen LogP contribution >= 0.6 is 0 Å². The number of ketones is 1. The number of carbonyl (C=O) groups is 3. The first-order valence-electron chi connectivity index (χ1n) is 14.8. The topological polar surface area (TPSA) is 99.9 Å². The van der Waals surface area contributed by atoms with E-state index in [1.165, 1.54) is 12.1 Å². The number of anilines is 1. The Morgan fingerprint density at radius 1 is 0.953 bits per heavy atom. The molecule has 1 amide bonds. The van der Waals surface area contributed by atoms with Gasteiger partial charge in [0.2, 0.25) is 0 Å². The van der Waals surface area contributed by atoms with E-state index < -0.39 is 12.0 Å². The number of carbonyl (C=O) groups excluding carboxylic acids is 2. The maximum Gasteiger partial charge on any atom is 0.305 e. The average molecular weight is 587 g/mol. The van der Waals surface area contributed by atoms with Crippen LogP contribution in [0.3, 0.4) is 0 Å². The molecule has 43 heavy (non-hydrogen) atoms. The number of benzene rings is 3. The van der Waals surface area contributed by atoms with Gasteiger partial charge in [0.15, 0.2) is 5.78 Å². The lowest BCUT2D eigenvalue weighted by Gasteiger charge is -2.25. The summed E-state index contributed by atoms with van der Waals surface area (Å²) in [5.74, 6) is -1.17. The van der Waals surface area contributed by atoms with Gasteiger partial charge in [-0.1, -0.05) is 32.9 Å². The van der Waals surface area contributed by atoms with Crippen LogP contribution < -0.4 is 10.2 Å². The molecule has 0 saturated heterocycles. The minimum Gasteiger partial charge on any atom is -0.481 e. The Labute approximate surface area is 251 Å². The van der Waals surface area contributed by atoms with E-state index in [1.54, 1.807) is 37.3 Å². The summed E-state index contributed by atoms with van der Waals surface area (Å²) in [6.45, 7) is 11.3. The first-order chi connectivity index (χ1) is 20.6. The molecule has 0 aliphatic heterocycles. The summed E-state index contributed by atoms with van der Waals surface area (Å²) in [5.41, 5.74) is 4.48. The van der Waals surface area contributed by atoms with E-state index >= 15 is 0 Å². The number of amides is 1.